The number of carboxylic acid groups (broad SMARTS) is 1. The Labute approximate surface area is 173 Å². The molecule has 1 aliphatic rings. The Balaban J connectivity index is 1.94. The van der Waals surface area contributed by atoms with Gasteiger partial charge in [0.05, 0.1) is 11.9 Å². The Morgan fingerprint density at radius 3 is 2.78 bits per heavy atom. The maximum Gasteiger partial charge on any atom is 0.304 e. The summed E-state index contributed by atoms with van der Waals surface area (Å²) in [6, 6.07) is 10.5. The molecule has 1 unspecified atom stereocenters. The zero-order valence-electron chi connectivity index (χ0n) is 14.2. The van der Waals surface area contributed by atoms with E-state index in [1.165, 1.54) is 6.07 Å². The molecule has 2 heterocycles. The monoisotopic (exact) mass is 467 g/mol. The van der Waals surface area contributed by atoms with Gasteiger partial charge in [0.1, 0.15) is 5.82 Å². The molecule has 3 aromatic rings. The van der Waals surface area contributed by atoms with Crippen LogP contribution in [0.5, 0.6) is 0 Å². The second kappa shape index (κ2) is 7.49. The smallest absolute Gasteiger partial charge is 0.304 e. The highest BCUT2D eigenvalue weighted by molar-refractivity contribution is 9.10. The minimum absolute atomic E-state index is 0.0740. The SMILES string of the molecule is O=C(O)CC1CCCn2c1c(Sc1ccc(Cl)cc1)c1c(Br)cc(F)cc12. The molecule has 1 atom stereocenters. The molecule has 1 aliphatic heterocycles. The fourth-order valence-electron chi connectivity index (χ4n) is 3.79. The highest BCUT2D eigenvalue weighted by Crippen LogP contribution is 2.48. The van der Waals surface area contributed by atoms with Crippen LogP contribution in [0, 0.1) is 5.82 Å². The van der Waals surface area contributed by atoms with Crippen LogP contribution < -0.4 is 0 Å². The van der Waals surface area contributed by atoms with E-state index < -0.39 is 5.97 Å². The molecule has 4 rings (SSSR count). The molecule has 0 saturated carbocycles. The van der Waals surface area contributed by atoms with Crippen LogP contribution in [0.15, 0.2) is 50.7 Å². The number of benzene rings is 2. The lowest BCUT2D eigenvalue weighted by atomic mass is 9.93. The van der Waals surface area contributed by atoms with Crippen LogP contribution in [-0.2, 0) is 11.3 Å². The number of rotatable bonds is 4. The van der Waals surface area contributed by atoms with Gasteiger partial charge in [-0.3, -0.25) is 4.79 Å². The molecular formula is C20H16BrClFNO2S. The zero-order chi connectivity index (χ0) is 19.1. The number of carboxylic acids is 1. The maximum atomic E-state index is 14.1. The number of hydrogen-bond acceptors (Lipinski definition) is 2. The lowest BCUT2D eigenvalue weighted by Crippen LogP contribution is -2.18. The molecule has 0 spiro atoms. The topological polar surface area (TPSA) is 42.2 Å². The number of carbonyl (C=O) groups is 1. The van der Waals surface area contributed by atoms with Gasteiger partial charge >= 0.3 is 5.97 Å². The van der Waals surface area contributed by atoms with Gasteiger partial charge in [-0.25, -0.2) is 4.39 Å². The number of aromatic nitrogens is 1. The predicted octanol–water partition coefficient (Wildman–Crippen LogP) is 6.70. The predicted molar refractivity (Wildman–Crippen MR) is 109 cm³/mol. The molecule has 0 radical (unpaired) electrons. The normalized spacial score (nSPS) is 16.5. The van der Waals surface area contributed by atoms with Crippen molar-refractivity contribution in [3.05, 3.63) is 57.4 Å². The maximum absolute atomic E-state index is 14.1. The van der Waals surface area contributed by atoms with Crippen molar-refractivity contribution in [1.29, 1.82) is 0 Å². The van der Waals surface area contributed by atoms with E-state index in [-0.39, 0.29) is 18.2 Å². The summed E-state index contributed by atoms with van der Waals surface area (Å²) in [5.41, 5.74) is 1.80. The van der Waals surface area contributed by atoms with E-state index >= 15 is 0 Å². The van der Waals surface area contributed by atoms with Crippen molar-refractivity contribution in [1.82, 2.24) is 4.57 Å². The van der Waals surface area contributed by atoms with Crippen LogP contribution in [-0.4, -0.2) is 15.6 Å². The van der Waals surface area contributed by atoms with E-state index in [9.17, 15) is 14.3 Å². The molecule has 0 aliphatic carbocycles. The number of nitrogens with zero attached hydrogens (tertiary/aromatic N) is 1. The number of halogens is 3. The van der Waals surface area contributed by atoms with Gasteiger partial charge in [-0.15, -0.1) is 0 Å². The van der Waals surface area contributed by atoms with Gasteiger partial charge < -0.3 is 9.67 Å². The molecule has 0 bridgehead atoms. The van der Waals surface area contributed by atoms with Gasteiger partial charge in [-0.05, 0) is 65.2 Å². The lowest BCUT2D eigenvalue weighted by Gasteiger charge is -2.25. The average molecular weight is 469 g/mol. The van der Waals surface area contributed by atoms with Crippen molar-refractivity contribution in [3.63, 3.8) is 0 Å². The molecule has 2 aromatic carbocycles. The highest BCUT2D eigenvalue weighted by atomic mass is 79.9. The van der Waals surface area contributed by atoms with Crippen molar-refractivity contribution in [2.45, 2.75) is 41.5 Å². The molecule has 0 amide bonds. The molecule has 3 nitrogen and oxygen atoms in total. The Bertz CT molecular complexity index is 1030. The van der Waals surface area contributed by atoms with Gasteiger partial charge in [-0.2, -0.15) is 0 Å². The van der Waals surface area contributed by atoms with Crippen molar-refractivity contribution in [2.75, 3.05) is 0 Å². The first-order valence-corrected chi connectivity index (χ1v) is 10.6. The third kappa shape index (κ3) is 3.62. The summed E-state index contributed by atoms with van der Waals surface area (Å²) in [7, 11) is 0. The summed E-state index contributed by atoms with van der Waals surface area (Å²) in [6.07, 6.45) is 1.77. The van der Waals surface area contributed by atoms with Gasteiger partial charge in [0.15, 0.2) is 0 Å². The first-order valence-electron chi connectivity index (χ1n) is 8.60. The van der Waals surface area contributed by atoms with E-state index in [4.69, 9.17) is 11.6 Å². The number of fused-ring (bicyclic) bond motifs is 3. The number of aliphatic carboxylic acids is 1. The average Bonchev–Trinajstić information content (AvgIpc) is 2.91. The highest BCUT2D eigenvalue weighted by Gasteiger charge is 2.30. The number of hydrogen-bond donors (Lipinski definition) is 1. The van der Waals surface area contributed by atoms with Crippen molar-refractivity contribution < 1.29 is 14.3 Å². The molecular weight excluding hydrogens is 453 g/mol. The Morgan fingerprint density at radius 2 is 2.07 bits per heavy atom. The van der Waals surface area contributed by atoms with Crippen molar-refractivity contribution >= 4 is 56.2 Å². The molecule has 140 valence electrons. The lowest BCUT2D eigenvalue weighted by molar-refractivity contribution is -0.137. The van der Waals surface area contributed by atoms with Gasteiger partial charge in [0.2, 0.25) is 0 Å². The quantitative estimate of drug-likeness (QED) is 0.463. The summed E-state index contributed by atoms with van der Waals surface area (Å²) in [5, 5.41) is 11.0. The molecule has 1 aromatic heterocycles. The van der Waals surface area contributed by atoms with E-state index in [0.29, 0.717) is 9.50 Å². The Hall–Kier alpha value is -1.50. The summed E-state index contributed by atoms with van der Waals surface area (Å²) in [6.45, 7) is 0.763. The van der Waals surface area contributed by atoms with Crippen LogP contribution in [0.3, 0.4) is 0 Å². The minimum atomic E-state index is -0.814. The fraction of sp³-hybridized carbons (Fsp3) is 0.250. The van der Waals surface area contributed by atoms with Crippen LogP contribution in [0.1, 0.15) is 30.9 Å². The largest absolute Gasteiger partial charge is 0.481 e. The standard InChI is InChI=1S/C20H16BrClFNO2S/c21-15-9-13(23)10-16-18(15)20(27-14-5-3-12(22)4-6-14)19-11(8-17(25)26)2-1-7-24(16)19/h3-6,9-11H,1-2,7-8H2,(H,25,26). The molecule has 27 heavy (non-hydrogen) atoms. The fourth-order valence-corrected chi connectivity index (χ4v) is 5.87. The Morgan fingerprint density at radius 1 is 1.33 bits per heavy atom. The summed E-state index contributed by atoms with van der Waals surface area (Å²) >= 11 is 11.1. The molecule has 1 N–H and O–H groups in total. The van der Waals surface area contributed by atoms with Crippen LogP contribution >= 0.6 is 39.3 Å². The minimum Gasteiger partial charge on any atom is -0.481 e. The van der Waals surface area contributed by atoms with Crippen molar-refractivity contribution in [2.24, 2.45) is 0 Å². The second-order valence-electron chi connectivity index (χ2n) is 6.64. The Kier molecular flexibility index (Phi) is 5.23. The van der Waals surface area contributed by atoms with Crippen molar-refractivity contribution in [3.8, 4) is 0 Å². The van der Waals surface area contributed by atoms with Crippen LogP contribution in [0.2, 0.25) is 5.02 Å². The van der Waals surface area contributed by atoms with E-state index in [1.807, 2.05) is 24.3 Å². The van der Waals surface area contributed by atoms with Gasteiger partial charge in [-0.1, -0.05) is 23.4 Å². The third-order valence-corrected chi connectivity index (χ3v) is 6.85. The first kappa shape index (κ1) is 18.8. The zero-order valence-corrected chi connectivity index (χ0v) is 17.4. The van der Waals surface area contributed by atoms with Crippen LogP contribution in [0.25, 0.3) is 10.9 Å². The van der Waals surface area contributed by atoms with Crippen LogP contribution in [0.4, 0.5) is 4.39 Å². The van der Waals surface area contributed by atoms with Gasteiger partial charge in [0, 0.05) is 42.8 Å². The van der Waals surface area contributed by atoms with E-state index in [2.05, 4.69) is 20.5 Å². The summed E-state index contributed by atoms with van der Waals surface area (Å²) in [5.74, 6) is -1.21. The first-order chi connectivity index (χ1) is 12.9. The molecule has 7 heteroatoms. The molecule has 0 saturated heterocycles. The summed E-state index contributed by atoms with van der Waals surface area (Å²) < 4.78 is 16.9. The number of aryl methyl sites for hydroxylation is 1. The van der Waals surface area contributed by atoms with E-state index in [0.717, 1.165) is 45.8 Å². The molecule has 0 fully saturated rings. The third-order valence-electron chi connectivity index (χ3n) is 4.85. The summed E-state index contributed by atoms with van der Waals surface area (Å²) in [4.78, 5) is 13.4. The second-order valence-corrected chi connectivity index (χ2v) is 9.02. The van der Waals surface area contributed by atoms with E-state index in [1.54, 1.807) is 17.8 Å². The van der Waals surface area contributed by atoms with Gasteiger partial charge in [0.25, 0.3) is 0 Å².